The van der Waals surface area contributed by atoms with Crippen molar-refractivity contribution in [2.45, 2.75) is 18.9 Å². The largest absolute Gasteiger partial charge is 0.487 e. The Balaban J connectivity index is 1.67. The lowest BCUT2D eigenvalue weighted by molar-refractivity contribution is 0.0713. The fourth-order valence-electron chi connectivity index (χ4n) is 2.55. The number of nitrogens with one attached hydrogen (secondary N) is 1. The fourth-order valence-corrected chi connectivity index (χ4v) is 3.11. The van der Waals surface area contributed by atoms with E-state index in [1.54, 1.807) is 6.07 Å². The van der Waals surface area contributed by atoms with Crippen LogP contribution < -0.4 is 10.1 Å². The molecule has 1 saturated heterocycles. The van der Waals surface area contributed by atoms with Gasteiger partial charge in [-0.05, 0) is 36.6 Å². The standard InChI is InChI=1S/C15H17Cl2NO2/c16-12-5-11-4-10(8-20-15(11)14(17)6-12)7-18-13-2-1-3-19-9-13/h4-6,13,18H,1-3,7-9H2. The summed E-state index contributed by atoms with van der Waals surface area (Å²) in [5, 5.41) is 4.71. The number of fused-ring (bicyclic) bond motifs is 1. The molecule has 0 saturated carbocycles. The third-order valence-corrected chi connectivity index (χ3v) is 4.08. The molecule has 1 N–H and O–H groups in total. The van der Waals surface area contributed by atoms with Crippen molar-refractivity contribution >= 4 is 29.3 Å². The second-order valence-electron chi connectivity index (χ2n) is 5.19. The first-order valence-corrected chi connectivity index (χ1v) is 7.60. The summed E-state index contributed by atoms with van der Waals surface area (Å²) in [6.07, 6.45) is 4.40. The number of rotatable bonds is 3. The molecule has 0 aliphatic carbocycles. The van der Waals surface area contributed by atoms with Crippen molar-refractivity contribution in [3.05, 3.63) is 33.3 Å². The molecule has 2 heterocycles. The van der Waals surface area contributed by atoms with Crippen LogP contribution in [-0.2, 0) is 4.74 Å². The van der Waals surface area contributed by atoms with Gasteiger partial charge in [-0.3, -0.25) is 0 Å². The zero-order chi connectivity index (χ0) is 13.9. The lowest BCUT2D eigenvalue weighted by Crippen LogP contribution is -2.38. The van der Waals surface area contributed by atoms with E-state index in [1.807, 2.05) is 6.07 Å². The van der Waals surface area contributed by atoms with Crippen LogP contribution in [0.3, 0.4) is 0 Å². The van der Waals surface area contributed by atoms with Gasteiger partial charge in [0.15, 0.2) is 0 Å². The number of hydrogen-bond acceptors (Lipinski definition) is 3. The van der Waals surface area contributed by atoms with E-state index >= 15 is 0 Å². The summed E-state index contributed by atoms with van der Waals surface area (Å²) in [7, 11) is 0. The summed E-state index contributed by atoms with van der Waals surface area (Å²) in [5.74, 6) is 0.723. The van der Waals surface area contributed by atoms with E-state index in [0.717, 1.165) is 37.5 Å². The van der Waals surface area contributed by atoms with Crippen molar-refractivity contribution in [2.75, 3.05) is 26.4 Å². The minimum atomic E-state index is 0.439. The maximum absolute atomic E-state index is 6.12. The Hall–Kier alpha value is -0.740. The molecule has 0 bridgehead atoms. The quantitative estimate of drug-likeness (QED) is 0.926. The smallest absolute Gasteiger partial charge is 0.145 e. The van der Waals surface area contributed by atoms with Gasteiger partial charge in [-0.25, -0.2) is 0 Å². The molecule has 1 aromatic rings. The number of benzene rings is 1. The minimum Gasteiger partial charge on any atom is -0.487 e. The molecule has 0 aromatic heterocycles. The van der Waals surface area contributed by atoms with Gasteiger partial charge < -0.3 is 14.8 Å². The third-order valence-electron chi connectivity index (χ3n) is 3.58. The molecule has 1 atom stereocenters. The van der Waals surface area contributed by atoms with Gasteiger partial charge in [0, 0.05) is 29.8 Å². The normalized spacial score (nSPS) is 21.9. The van der Waals surface area contributed by atoms with Crippen LogP contribution in [0.2, 0.25) is 10.0 Å². The van der Waals surface area contributed by atoms with Gasteiger partial charge in [0.1, 0.15) is 12.4 Å². The Bertz CT molecular complexity index is 525. The number of ether oxygens (including phenoxy) is 2. The molecule has 3 rings (SSSR count). The highest BCUT2D eigenvalue weighted by atomic mass is 35.5. The molecule has 1 aromatic carbocycles. The summed E-state index contributed by atoms with van der Waals surface area (Å²) in [6, 6.07) is 4.03. The minimum absolute atomic E-state index is 0.439. The van der Waals surface area contributed by atoms with Gasteiger partial charge in [0.05, 0.1) is 11.6 Å². The Labute approximate surface area is 128 Å². The summed E-state index contributed by atoms with van der Waals surface area (Å²) in [4.78, 5) is 0. The first-order valence-electron chi connectivity index (χ1n) is 6.85. The second-order valence-corrected chi connectivity index (χ2v) is 6.04. The first kappa shape index (κ1) is 14.2. The Morgan fingerprint density at radius 3 is 3.00 bits per heavy atom. The van der Waals surface area contributed by atoms with Gasteiger partial charge in [-0.1, -0.05) is 23.2 Å². The van der Waals surface area contributed by atoms with E-state index in [9.17, 15) is 0 Å². The van der Waals surface area contributed by atoms with Crippen molar-refractivity contribution in [1.82, 2.24) is 5.32 Å². The van der Waals surface area contributed by atoms with Crippen molar-refractivity contribution in [3.63, 3.8) is 0 Å². The van der Waals surface area contributed by atoms with Crippen LogP contribution in [0.1, 0.15) is 18.4 Å². The van der Waals surface area contributed by atoms with Crippen LogP contribution in [-0.4, -0.2) is 32.4 Å². The summed E-state index contributed by atoms with van der Waals surface area (Å²) in [6.45, 7) is 3.04. The predicted molar refractivity (Wildman–Crippen MR) is 81.8 cm³/mol. The molecule has 5 heteroatoms. The average Bonchev–Trinajstić information content (AvgIpc) is 2.45. The van der Waals surface area contributed by atoms with Gasteiger partial charge >= 0.3 is 0 Å². The van der Waals surface area contributed by atoms with Crippen molar-refractivity contribution in [1.29, 1.82) is 0 Å². The van der Waals surface area contributed by atoms with Crippen molar-refractivity contribution in [2.24, 2.45) is 0 Å². The highest BCUT2D eigenvalue weighted by molar-refractivity contribution is 6.36. The zero-order valence-corrected chi connectivity index (χ0v) is 12.6. The van der Waals surface area contributed by atoms with Gasteiger partial charge in [0.25, 0.3) is 0 Å². The second kappa shape index (κ2) is 6.35. The topological polar surface area (TPSA) is 30.5 Å². The van der Waals surface area contributed by atoms with Gasteiger partial charge in [0.2, 0.25) is 0 Å². The van der Waals surface area contributed by atoms with E-state index in [4.69, 9.17) is 32.7 Å². The van der Waals surface area contributed by atoms with Crippen LogP contribution in [0, 0.1) is 0 Å². The van der Waals surface area contributed by atoms with Gasteiger partial charge in [-0.2, -0.15) is 0 Å². The highest BCUT2D eigenvalue weighted by Crippen LogP contribution is 2.36. The van der Waals surface area contributed by atoms with Crippen molar-refractivity contribution < 1.29 is 9.47 Å². The molecule has 20 heavy (non-hydrogen) atoms. The van der Waals surface area contributed by atoms with E-state index in [1.165, 1.54) is 12.0 Å². The van der Waals surface area contributed by atoms with E-state index in [-0.39, 0.29) is 0 Å². The molecule has 1 unspecified atom stereocenters. The lowest BCUT2D eigenvalue weighted by Gasteiger charge is -2.25. The Kier molecular flexibility index (Phi) is 4.51. The third kappa shape index (κ3) is 3.29. The molecular formula is C15H17Cl2NO2. The van der Waals surface area contributed by atoms with Crippen molar-refractivity contribution in [3.8, 4) is 5.75 Å². The van der Waals surface area contributed by atoms with Crippen LogP contribution >= 0.6 is 23.2 Å². The van der Waals surface area contributed by atoms with E-state index in [2.05, 4.69) is 11.4 Å². The van der Waals surface area contributed by atoms with Crippen LogP contribution in [0.25, 0.3) is 6.08 Å². The molecule has 2 aliphatic rings. The van der Waals surface area contributed by atoms with Crippen LogP contribution in [0.5, 0.6) is 5.75 Å². The summed E-state index contributed by atoms with van der Waals surface area (Å²) >= 11 is 12.2. The SMILES string of the molecule is Clc1cc(Cl)c2c(c1)C=C(CNC1CCCOC1)CO2. The maximum Gasteiger partial charge on any atom is 0.145 e. The first-order chi connectivity index (χ1) is 9.72. The van der Waals surface area contributed by atoms with Crippen LogP contribution in [0.15, 0.2) is 17.7 Å². The molecule has 0 spiro atoms. The van der Waals surface area contributed by atoms with Crippen LogP contribution in [0.4, 0.5) is 0 Å². The molecule has 0 amide bonds. The predicted octanol–water partition coefficient (Wildman–Crippen LogP) is 3.54. The molecule has 108 valence electrons. The Morgan fingerprint density at radius 2 is 2.20 bits per heavy atom. The zero-order valence-electron chi connectivity index (χ0n) is 11.1. The molecule has 0 radical (unpaired) electrons. The summed E-state index contributed by atoms with van der Waals surface area (Å²) in [5.41, 5.74) is 2.15. The van der Waals surface area contributed by atoms with E-state index in [0.29, 0.717) is 22.7 Å². The molecular weight excluding hydrogens is 297 g/mol. The summed E-state index contributed by atoms with van der Waals surface area (Å²) < 4.78 is 11.2. The molecule has 1 fully saturated rings. The monoisotopic (exact) mass is 313 g/mol. The van der Waals surface area contributed by atoms with Gasteiger partial charge in [-0.15, -0.1) is 0 Å². The van der Waals surface area contributed by atoms with E-state index < -0.39 is 0 Å². The lowest BCUT2D eigenvalue weighted by atomic mass is 10.1. The maximum atomic E-state index is 6.12. The average molecular weight is 314 g/mol. The number of halogens is 2. The Morgan fingerprint density at radius 1 is 1.30 bits per heavy atom. The fraction of sp³-hybridized carbons (Fsp3) is 0.467. The number of hydrogen-bond donors (Lipinski definition) is 1. The molecule has 2 aliphatic heterocycles. The highest BCUT2D eigenvalue weighted by Gasteiger charge is 2.18. The molecule has 3 nitrogen and oxygen atoms in total.